The number of carboxylic acids is 1. The van der Waals surface area contributed by atoms with Gasteiger partial charge in [-0.3, -0.25) is 4.68 Å². The van der Waals surface area contributed by atoms with Crippen molar-refractivity contribution in [3.8, 4) is 5.75 Å². The molecule has 0 spiro atoms. The van der Waals surface area contributed by atoms with Crippen LogP contribution in [0.1, 0.15) is 28.2 Å². The molecule has 0 atom stereocenters. The summed E-state index contributed by atoms with van der Waals surface area (Å²) >= 11 is 3.50. The Morgan fingerprint density at radius 1 is 1.33 bits per heavy atom. The molecule has 0 bridgehead atoms. The molecule has 0 aliphatic carbocycles. The average Bonchev–Trinajstić information content (AvgIpc) is 2.71. The molecule has 6 heteroatoms. The lowest BCUT2D eigenvalue weighted by molar-refractivity contribution is 0.0697. The first-order valence-corrected chi connectivity index (χ1v) is 7.44. The second kappa shape index (κ2) is 6.76. The van der Waals surface area contributed by atoms with E-state index in [4.69, 9.17) is 9.84 Å². The number of aromatic nitrogens is 2. The number of hydrogen-bond donors (Lipinski definition) is 1. The van der Waals surface area contributed by atoms with Crippen LogP contribution in [0.3, 0.4) is 0 Å². The van der Waals surface area contributed by atoms with Crippen molar-refractivity contribution in [1.82, 2.24) is 9.78 Å². The summed E-state index contributed by atoms with van der Waals surface area (Å²) in [7, 11) is 0. The highest BCUT2D eigenvalue weighted by Gasteiger charge is 2.08. The first-order valence-electron chi connectivity index (χ1n) is 6.64. The highest BCUT2D eigenvalue weighted by atomic mass is 79.9. The van der Waals surface area contributed by atoms with Crippen LogP contribution in [-0.2, 0) is 6.54 Å². The van der Waals surface area contributed by atoms with Crippen LogP contribution in [0, 0.1) is 13.8 Å². The Labute approximate surface area is 131 Å². The summed E-state index contributed by atoms with van der Waals surface area (Å²) in [5, 5.41) is 13.2. The largest absolute Gasteiger partial charge is 0.494 e. The van der Waals surface area contributed by atoms with E-state index in [9.17, 15) is 4.79 Å². The van der Waals surface area contributed by atoms with Crippen molar-refractivity contribution < 1.29 is 14.6 Å². The summed E-state index contributed by atoms with van der Waals surface area (Å²) in [4.78, 5) is 10.7. The molecule has 0 aliphatic heterocycles. The van der Waals surface area contributed by atoms with E-state index in [0.717, 1.165) is 28.8 Å². The number of rotatable bonds is 6. The zero-order valence-corrected chi connectivity index (χ0v) is 13.6. The highest BCUT2D eigenvalue weighted by Crippen LogP contribution is 2.20. The van der Waals surface area contributed by atoms with Gasteiger partial charge in [0.1, 0.15) is 5.75 Å². The lowest BCUT2D eigenvalue weighted by Gasteiger charge is -2.07. The minimum absolute atomic E-state index is 0.259. The standard InChI is InChI=1S/C15H17BrN2O3/c1-10-14(16)11(2)18(17-10)8-3-9-21-13-6-4-12(5-7-13)15(19)20/h4-7H,3,8-9H2,1-2H3,(H,19,20). The number of ether oxygens (including phenoxy) is 1. The molecule has 21 heavy (non-hydrogen) atoms. The van der Waals surface area contributed by atoms with Gasteiger partial charge in [0, 0.05) is 18.7 Å². The number of aryl methyl sites for hydroxylation is 2. The molecule has 0 unspecified atom stereocenters. The monoisotopic (exact) mass is 352 g/mol. The van der Waals surface area contributed by atoms with Gasteiger partial charge in [0.25, 0.3) is 0 Å². The summed E-state index contributed by atoms with van der Waals surface area (Å²) < 4.78 is 8.60. The van der Waals surface area contributed by atoms with Crippen LogP contribution < -0.4 is 4.74 Å². The first kappa shape index (κ1) is 15.6. The smallest absolute Gasteiger partial charge is 0.335 e. The molecule has 0 radical (unpaired) electrons. The van der Waals surface area contributed by atoms with Crippen LogP contribution in [0.25, 0.3) is 0 Å². The van der Waals surface area contributed by atoms with Crippen LogP contribution in [0.5, 0.6) is 5.75 Å². The Kier molecular flexibility index (Phi) is 5.01. The van der Waals surface area contributed by atoms with Crippen molar-refractivity contribution in [3.63, 3.8) is 0 Å². The molecular formula is C15H17BrN2O3. The lowest BCUT2D eigenvalue weighted by Crippen LogP contribution is -2.07. The van der Waals surface area contributed by atoms with E-state index in [1.807, 2.05) is 18.5 Å². The SMILES string of the molecule is Cc1nn(CCCOc2ccc(C(=O)O)cc2)c(C)c1Br. The molecule has 0 saturated carbocycles. The van der Waals surface area contributed by atoms with Crippen LogP contribution in [0.15, 0.2) is 28.7 Å². The summed E-state index contributed by atoms with van der Waals surface area (Å²) in [6.07, 6.45) is 0.828. The molecule has 2 aromatic rings. The van der Waals surface area contributed by atoms with Crippen LogP contribution in [0.2, 0.25) is 0 Å². The summed E-state index contributed by atoms with van der Waals surface area (Å²) in [6.45, 7) is 5.33. The molecular weight excluding hydrogens is 336 g/mol. The minimum Gasteiger partial charge on any atom is -0.494 e. The van der Waals surface area contributed by atoms with E-state index in [1.54, 1.807) is 12.1 Å². The molecule has 1 heterocycles. The normalized spacial score (nSPS) is 10.6. The van der Waals surface area contributed by atoms with Crippen molar-refractivity contribution in [2.75, 3.05) is 6.61 Å². The molecule has 1 aromatic carbocycles. The quantitative estimate of drug-likeness (QED) is 0.808. The Morgan fingerprint density at radius 2 is 2.00 bits per heavy atom. The zero-order chi connectivity index (χ0) is 15.4. The number of carbonyl (C=O) groups is 1. The third-order valence-electron chi connectivity index (χ3n) is 3.18. The van der Waals surface area contributed by atoms with Gasteiger partial charge in [0.15, 0.2) is 0 Å². The second-order valence-electron chi connectivity index (χ2n) is 4.74. The van der Waals surface area contributed by atoms with Crippen molar-refractivity contribution >= 4 is 21.9 Å². The Morgan fingerprint density at radius 3 is 2.52 bits per heavy atom. The molecule has 5 nitrogen and oxygen atoms in total. The summed E-state index contributed by atoms with van der Waals surface area (Å²) in [5.41, 5.74) is 2.35. The first-order chi connectivity index (χ1) is 9.99. The average molecular weight is 353 g/mol. The molecule has 1 N–H and O–H groups in total. The van der Waals surface area contributed by atoms with Gasteiger partial charge in [-0.15, -0.1) is 0 Å². The van der Waals surface area contributed by atoms with Crippen molar-refractivity contribution in [1.29, 1.82) is 0 Å². The van der Waals surface area contributed by atoms with Gasteiger partial charge >= 0.3 is 5.97 Å². The molecule has 0 fully saturated rings. The topological polar surface area (TPSA) is 64.4 Å². The number of carboxylic acid groups (broad SMARTS) is 1. The van der Waals surface area contributed by atoms with Crippen molar-refractivity contribution in [2.24, 2.45) is 0 Å². The van der Waals surface area contributed by atoms with E-state index in [2.05, 4.69) is 21.0 Å². The maximum atomic E-state index is 10.7. The zero-order valence-electron chi connectivity index (χ0n) is 12.0. The van der Waals surface area contributed by atoms with Crippen LogP contribution >= 0.6 is 15.9 Å². The van der Waals surface area contributed by atoms with Gasteiger partial charge in [-0.05, 0) is 54.0 Å². The Balaban J connectivity index is 1.81. The molecule has 0 saturated heterocycles. The molecule has 1 aromatic heterocycles. The third-order valence-corrected chi connectivity index (χ3v) is 4.33. The summed E-state index contributed by atoms with van der Waals surface area (Å²) in [5.74, 6) is -0.258. The van der Waals surface area contributed by atoms with Gasteiger partial charge in [0.2, 0.25) is 0 Å². The molecule has 112 valence electrons. The van der Waals surface area contributed by atoms with Gasteiger partial charge in [-0.1, -0.05) is 0 Å². The van der Waals surface area contributed by atoms with E-state index in [0.29, 0.717) is 12.4 Å². The molecule has 0 aliphatic rings. The van der Waals surface area contributed by atoms with Crippen LogP contribution in [0.4, 0.5) is 0 Å². The fraction of sp³-hybridized carbons (Fsp3) is 0.333. The van der Waals surface area contributed by atoms with E-state index < -0.39 is 5.97 Å². The third kappa shape index (κ3) is 3.85. The Bertz CT molecular complexity index is 635. The molecule has 0 amide bonds. The number of hydrogen-bond acceptors (Lipinski definition) is 3. The van der Waals surface area contributed by atoms with Gasteiger partial charge in [0.05, 0.1) is 22.3 Å². The van der Waals surface area contributed by atoms with Gasteiger partial charge in [-0.25, -0.2) is 4.79 Å². The summed E-state index contributed by atoms with van der Waals surface area (Å²) in [6, 6.07) is 6.41. The van der Waals surface area contributed by atoms with E-state index in [1.165, 1.54) is 12.1 Å². The minimum atomic E-state index is -0.934. The predicted molar refractivity (Wildman–Crippen MR) is 82.9 cm³/mol. The number of nitrogens with zero attached hydrogens (tertiary/aromatic N) is 2. The predicted octanol–water partition coefficient (Wildman–Crippen LogP) is 3.43. The molecule has 2 rings (SSSR count). The number of benzene rings is 1. The van der Waals surface area contributed by atoms with Gasteiger partial charge < -0.3 is 9.84 Å². The second-order valence-corrected chi connectivity index (χ2v) is 5.53. The van der Waals surface area contributed by atoms with Crippen molar-refractivity contribution in [2.45, 2.75) is 26.8 Å². The Hall–Kier alpha value is -1.82. The highest BCUT2D eigenvalue weighted by molar-refractivity contribution is 9.10. The van der Waals surface area contributed by atoms with Crippen molar-refractivity contribution in [3.05, 3.63) is 45.7 Å². The number of aromatic carboxylic acids is 1. The van der Waals surface area contributed by atoms with Crippen LogP contribution in [-0.4, -0.2) is 27.5 Å². The lowest BCUT2D eigenvalue weighted by atomic mass is 10.2. The van der Waals surface area contributed by atoms with E-state index >= 15 is 0 Å². The number of halogens is 1. The van der Waals surface area contributed by atoms with E-state index in [-0.39, 0.29) is 5.56 Å². The maximum absolute atomic E-state index is 10.7. The maximum Gasteiger partial charge on any atom is 0.335 e. The van der Waals surface area contributed by atoms with Gasteiger partial charge in [-0.2, -0.15) is 5.10 Å². The fourth-order valence-electron chi connectivity index (χ4n) is 1.99. The fourth-order valence-corrected chi connectivity index (χ4v) is 2.27.